The molecule has 188 valence electrons. The number of aliphatic hydroxyl groups is 1. The smallest absolute Gasteiger partial charge is 0.226 e. The van der Waals surface area contributed by atoms with E-state index in [1.165, 1.54) is 6.07 Å². The van der Waals surface area contributed by atoms with Crippen molar-refractivity contribution in [3.63, 3.8) is 0 Å². The van der Waals surface area contributed by atoms with E-state index < -0.39 is 17.9 Å². The van der Waals surface area contributed by atoms with Crippen LogP contribution in [-0.2, 0) is 17.8 Å². The van der Waals surface area contributed by atoms with Crippen LogP contribution < -0.4 is 16.0 Å². The Labute approximate surface area is 207 Å². The first-order chi connectivity index (χ1) is 17.4. The maximum Gasteiger partial charge on any atom is 0.226 e. The Bertz CT molecular complexity index is 1240. The summed E-state index contributed by atoms with van der Waals surface area (Å²) >= 11 is 0. The van der Waals surface area contributed by atoms with E-state index in [0.717, 1.165) is 43.6 Å². The highest BCUT2D eigenvalue weighted by Gasteiger charge is 2.28. The van der Waals surface area contributed by atoms with Gasteiger partial charge in [-0.05, 0) is 55.8 Å². The lowest BCUT2D eigenvalue weighted by molar-refractivity contribution is -0.131. The summed E-state index contributed by atoms with van der Waals surface area (Å²) in [4.78, 5) is 23.3. The molecule has 36 heavy (non-hydrogen) atoms. The number of amides is 1. The zero-order chi connectivity index (χ0) is 25.2. The van der Waals surface area contributed by atoms with E-state index >= 15 is 0 Å². The molecule has 4 N–H and O–H groups in total. The molecule has 1 unspecified atom stereocenters. The van der Waals surface area contributed by atoms with Gasteiger partial charge >= 0.3 is 0 Å². The van der Waals surface area contributed by atoms with Gasteiger partial charge in [-0.1, -0.05) is 18.2 Å². The third-order valence-electron chi connectivity index (χ3n) is 6.77. The summed E-state index contributed by atoms with van der Waals surface area (Å²) in [5.41, 5.74) is 2.09. The van der Waals surface area contributed by atoms with Gasteiger partial charge in [-0.15, -0.1) is 0 Å². The monoisotopic (exact) mass is 494 g/mol. The van der Waals surface area contributed by atoms with Gasteiger partial charge in [-0.2, -0.15) is 0 Å². The normalized spacial score (nSPS) is 17.6. The van der Waals surface area contributed by atoms with Crippen molar-refractivity contribution in [3.05, 3.63) is 70.9 Å². The molecule has 0 radical (unpaired) electrons. The summed E-state index contributed by atoms with van der Waals surface area (Å²) in [6.45, 7) is 2.08. The molecule has 3 heterocycles. The molecule has 5 rings (SSSR count). The van der Waals surface area contributed by atoms with Crippen molar-refractivity contribution in [1.82, 2.24) is 25.5 Å². The minimum absolute atomic E-state index is 0.0713. The molecule has 8 nitrogen and oxygen atoms in total. The minimum Gasteiger partial charge on any atom is -0.374 e. The molecule has 0 bridgehead atoms. The number of carbonyl (C=O) groups excluding carboxylic acids is 1. The zero-order valence-corrected chi connectivity index (χ0v) is 19.9. The molecular weight excluding hydrogens is 466 g/mol. The number of hydrogen-bond acceptors (Lipinski definition) is 7. The summed E-state index contributed by atoms with van der Waals surface area (Å²) in [5, 5.41) is 19.7. The fraction of sp³-hybridized carbons (Fsp3) is 0.346. The lowest BCUT2D eigenvalue weighted by Crippen LogP contribution is -2.44. The Morgan fingerprint density at radius 2 is 1.81 bits per heavy atom. The van der Waals surface area contributed by atoms with Crippen LogP contribution in [0, 0.1) is 11.6 Å². The summed E-state index contributed by atoms with van der Waals surface area (Å²) in [6.07, 6.45) is 1.19. The van der Waals surface area contributed by atoms with Gasteiger partial charge in [0, 0.05) is 25.3 Å². The highest BCUT2D eigenvalue weighted by atomic mass is 19.1. The Balaban J connectivity index is 1.36. The Morgan fingerprint density at radius 3 is 2.50 bits per heavy atom. The lowest BCUT2D eigenvalue weighted by Gasteiger charge is -2.31. The van der Waals surface area contributed by atoms with Crippen molar-refractivity contribution in [2.45, 2.75) is 38.1 Å². The van der Waals surface area contributed by atoms with Crippen LogP contribution in [0.2, 0.25) is 0 Å². The molecular formula is C26H28F2N6O2. The third-order valence-corrected chi connectivity index (χ3v) is 6.77. The van der Waals surface area contributed by atoms with Gasteiger partial charge in [0.15, 0.2) is 5.82 Å². The predicted molar refractivity (Wildman–Crippen MR) is 131 cm³/mol. The van der Waals surface area contributed by atoms with Crippen molar-refractivity contribution in [2.24, 2.45) is 0 Å². The molecule has 2 aliphatic rings. The number of nitrogens with zero attached hydrogens (tertiary/aromatic N) is 3. The number of piperidine rings is 1. The van der Waals surface area contributed by atoms with Crippen molar-refractivity contribution in [1.29, 1.82) is 0 Å². The van der Waals surface area contributed by atoms with Gasteiger partial charge < -0.3 is 20.6 Å². The molecule has 2 aliphatic heterocycles. The summed E-state index contributed by atoms with van der Waals surface area (Å²) < 4.78 is 28.8. The molecule has 1 aromatic heterocycles. The number of nitrogens with one attached hydrogen (secondary N) is 3. The van der Waals surface area contributed by atoms with Gasteiger partial charge in [0.1, 0.15) is 23.7 Å². The van der Waals surface area contributed by atoms with Crippen LogP contribution in [0.4, 0.5) is 20.3 Å². The number of likely N-dealkylation sites (N-methyl/N-ethyl adjacent to an activating group) is 1. The second-order valence-corrected chi connectivity index (χ2v) is 9.12. The topological polar surface area (TPSA) is 102 Å². The van der Waals surface area contributed by atoms with Crippen LogP contribution in [-0.4, -0.2) is 52.1 Å². The number of anilines is 2. The van der Waals surface area contributed by atoms with Crippen LogP contribution in [0.15, 0.2) is 42.5 Å². The first kappa shape index (κ1) is 24.2. The Hall–Kier alpha value is -3.47. The third kappa shape index (κ3) is 4.92. The number of fused-ring (bicyclic) bond motifs is 1. The number of hydrogen-bond donors (Lipinski definition) is 4. The fourth-order valence-electron chi connectivity index (χ4n) is 4.69. The van der Waals surface area contributed by atoms with Crippen molar-refractivity contribution < 1.29 is 18.7 Å². The maximum absolute atomic E-state index is 14.4. The molecule has 1 saturated heterocycles. The van der Waals surface area contributed by atoms with Gasteiger partial charge in [-0.25, -0.2) is 18.7 Å². The van der Waals surface area contributed by atoms with E-state index in [-0.39, 0.29) is 35.7 Å². The van der Waals surface area contributed by atoms with Crippen LogP contribution >= 0.6 is 0 Å². The zero-order valence-electron chi connectivity index (χ0n) is 19.9. The van der Waals surface area contributed by atoms with Crippen LogP contribution in [0.5, 0.6) is 0 Å². The lowest BCUT2D eigenvalue weighted by atomic mass is 10.0. The maximum atomic E-state index is 14.4. The molecule has 0 spiro atoms. The Morgan fingerprint density at radius 1 is 1.11 bits per heavy atom. The standard InChI is InChI=1S/C26H28F2N6O2/c1-34(17-9-11-29-12-10-17)21(35)13-15-5-7-16(8-6-15)31-25-23-20(14-30-26(23)36)32-24(33-25)22-18(27)3-2-4-19(22)28/h2-8,17,26,29-30,36H,9-14H2,1H3,(H,31,32,33). The van der Waals surface area contributed by atoms with Gasteiger partial charge in [0.05, 0.1) is 23.2 Å². The summed E-state index contributed by atoms with van der Waals surface area (Å²) in [7, 11) is 1.86. The SMILES string of the molecule is CN(C(=O)Cc1ccc(Nc2nc(-c3c(F)cccc3F)nc3c2C(O)NC3)cc1)C1CCNCC1. The fourth-order valence-corrected chi connectivity index (χ4v) is 4.69. The largest absolute Gasteiger partial charge is 0.374 e. The summed E-state index contributed by atoms with van der Waals surface area (Å²) in [6, 6.07) is 11.2. The quantitative estimate of drug-likeness (QED) is 0.418. The van der Waals surface area contributed by atoms with Gasteiger partial charge in [0.2, 0.25) is 5.91 Å². The molecule has 0 saturated carbocycles. The van der Waals surface area contributed by atoms with Crippen molar-refractivity contribution in [2.75, 3.05) is 25.5 Å². The van der Waals surface area contributed by atoms with Gasteiger partial charge in [-0.3, -0.25) is 10.1 Å². The Kier molecular flexibility index (Phi) is 6.90. The first-order valence-corrected chi connectivity index (χ1v) is 12.0. The van der Waals surface area contributed by atoms with E-state index in [0.29, 0.717) is 23.4 Å². The molecule has 2 aromatic carbocycles. The first-order valence-electron chi connectivity index (χ1n) is 12.0. The number of carbonyl (C=O) groups is 1. The molecule has 3 aromatic rings. The van der Waals surface area contributed by atoms with Gasteiger partial charge in [0.25, 0.3) is 0 Å². The number of aliphatic hydroxyl groups excluding tert-OH is 1. The molecule has 1 atom stereocenters. The second kappa shape index (κ2) is 10.3. The number of aromatic nitrogens is 2. The minimum atomic E-state index is -1.01. The summed E-state index contributed by atoms with van der Waals surface area (Å²) in [5.74, 6) is -1.32. The molecule has 1 fully saturated rings. The predicted octanol–water partition coefficient (Wildman–Crippen LogP) is 3.01. The molecule has 1 amide bonds. The van der Waals surface area contributed by atoms with Crippen molar-refractivity contribution >= 4 is 17.4 Å². The van der Waals surface area contributed by atoms with Crippen LogP contribution in [0.3, 0.4) is 0 Å². The second-order valence-electron chi connectivity index (χ2n) is 9.12. The number of rotatable bonds is 6. The van der Waals surface area contributed by atoms with Crippen LogP contribution in [0.1, 0.15) is 35.9 Å². The van der Waals surface area contributed by atoms with Crippen LogP contribution in [0.25, 0.3) is 11.4 Å². The average molecular weight is 495 g/mol. The van der Waals surface area contributed by atoms with E-state index in [9.17, 15) is 18.7 Å². The highest BCUT2D eigenvalue weighted by molar-refractivity contribution is 5.79. The highest BCUT2D eigenvalue weighted by Crippen LogP contribution is 2.34. The van der Waals surface area contributed by atoms with E-state index in [2.05, 4.69) is 25.9 Å². The average Bonchev–Trinajstić information content (AvgIpc) is 3.26. The molecule has 10 heteroatoms. The number of benzene rings is 2. The van der Waals surface area contributed by atoms with E-state index in [1.807, 2.05) is 24.1 Å². The van der Waals surface area contributed by atoms with E-state index in [4.69, 9.17) is 0 Å². The van der Waals surface area contributed by atoms with Crippen molar-refractivity contribution in [3.8, 4) is 11.4 Å². The molecule has 0 aliphatic carbocycles. The number of halogens is 2. The van der Waals surface area contributed by atoms with E-state index in [1.54, 1.807) is 12.1 Å².